The number of phenolic OH excluding ortho intramolecular Hbond substituents is 2. The minimum Gasteiger partial charge on any atom is -0.504 e. The molecule has 2 N–H and O–H groups in total. The summed E-state index contributed by atoms with van der Waals surface area (Å²) in [5.74, 6) is 2.11. The molecule has 0 aromatic heterocycles. The van der Waals surface area contributed by atoms with Crippen molar-refractivity contribution in [2.24, 2.45) is 17.3 Å². The Morgan fingerprint density at radius 3 is 2.67 bits per heavy atom. The SMILES string of the molecule is C=C1CCC2C3CCc4cc(O)c(O)cc4C3CCC12C. The quantitative estimate of drug-likeness (QED) is 0.543. The van der Waals surface area contributed by atoms with E-state index in [0.717, 1.165) is 18.3 Å². The van der Waals surface area contributed by atoms with Crippen LogP contribution in [0.4, 0.5) is 0 Å². The van der Waals surface area contributed by atoms with Gasteiger partial charge in [0.25, 0.3) is 0 Å². The maximum absolute atomic E-state index is 9.88. The zero-order valence-electron chi connectivity index (χ0n) is 12.7. The van der Waals surface area contributed by atoms with Gasteiger partial charge in [0.15, 0.2) is 11.5 Å². The third-order valence-corrected chi connectivity index (χ3v) is 6.77. The fourth-order valence-electron chi connectivity index (χ4n) is 5.50. The molecule has 3 aliphatic carbocycles. The summed E-state index contributed by atoms with van der Waals surface area (Å²) in [6.45, 7) is 6.77. The number of allylic oxidation sites excluding steroid dienone is 1. The molecule has 2 heteroatoms. The maximum Gasteiger partial charge on any atom is 0.157 e. The zero-order chi connectivity index (χ0) is 14.8. The van der Waals surface area contributed by atoms with Crippen molar-refractivity contribution in [3.05, 3.63) is 35.4 Å². The fourth-order valence-corrected chi connectivity index (χ4v) is 5.50. The summed E-state index contributed by atoms with van der Waals surface area (Å²) in [5, 5.41) is 19.6. The largest absolute Gasteiger partial charge is 0.504 e. The first kappa shape index (κ1) is 13.2. The first-order chi connectivity index (χ1) is 10.0. The molecule has 0 radical (unpaired) electrons. The highest BCUT2D eigenvalue weighted by Gasteiger charge is 2.51. The predicted molar refractivity (Wildman–Crippen MR) is 83.5 cm³/mol. The second-order valence-electron chi connectivity index (χ2n) is 7.55. The Morgan fingerprint density at radius 2 is 1.86 bits per heavy atom. The summed E-state index contributed by atoms with van der Waals surface area (Å²) >= 11 is 0. The molecule has 4 atom stereocenters. The highest BCUT2D eigenvalue weighted by Crippen LogP contribution is 2.62. The maximum atomic E-state index is 9.88. The van der Waals surface area contributed by atoms with Gasteiger partial charge in [-0.25, -0.2) is 0 Å². The van der Waals surface area contributed by atoms with Crippen molar-refractivity contribution in [3.63, 3.8) is 0 Å². The lowest BCUT2D eigenvalue weighted by molar-refractivity contribution is 0.0815. The number of fused-ring (bicyclic) bond motifs is 5. The van der Waals surface area contributed by atoms with Crippen LogP contribution in [0, 0.1) is 17.3 Å². The van der Waals surface area contributed by atoms with Crippen molar-refractivity contribution in [2.45, 2.75) is 51.4 Å². The molecule has 0 amide bonds. The van der Waals surface area contributed by atoms with Crippen molar-refractivity contribution < 1.29 is 10.2 Å². The summed E-state index contributed by atoms with van der Waals surface area (Å²) in [4.78, 5) is 0. The van der Waals surface area contributed by atoms with Crippen LogP contribution >= 0.6 is 0 Å². The summed E-state index contributed by atoms with van der Waals surface area (Å²) in [7, 11) is 0. The second-order valence-corrected chi connectivity index (χ2v) is 7.55. The first-order valence-electron chi connectivity index (χ1n) is 8.23. The molecule has 112 valence electrons. The Balaban J connectivity index is 1.75. The van der Waals surface area contributed by atoms with Crippen molar-refractivity contribution >= 4 is 0 Å². The fraction of sp³-hybridized carbons (Fsp3) is 0.579. The normalized spacial score (nSPS) is 37.8. The van der Waals surface area contributed by atoms with Gasteiger partial charge in [0, 0.05) is 0 Å². The number of aromatic hydroxyl groups is 2. The minimum absolute atomic E-state index is 0.0297. The van der Waals surface area contributed by atoms with Crippen LogP contribution in [-0.4, -0.2) is 10.2 Å². The van der Waals surface area contributed by atoms with Crippen LogP contribution in [0.2, 0.25) is 0 Å². The smallest absolute Gasteiger partial charge is 0.157 e. The van der Waals surface area contributed by atoms with Crippen LogP contribution in [0.25, 0.3) is 0 Å². The molecule has 0 saturated heterocycles. The van der Waals surface area contributed by atoms with Gasteiger partial charge in [-0.2, -0.15) is 0 Å². The molecule has 21 heavy (non-hydrogen) atoms. The Labute approximate surface area is 126 Å². The molecule has 0 bridgehead atoms. The molecule has 1 aromatic rings. The summed E-state index contributed by atoms with van der Waals surface area (Å²) in [6.07, 6.45) is 7.14. The van der Waals surface area contributed by atoms with Gasteiger partial charge in [0.2, 0.25) is 0 Å². The molecule has 2 saturated carbocycles. The van der Waals surface area contributed by atoms with E-state index in [1.165, 1.54) is 48.8 Å². The molecule has 0 heterocycles. The third-order valence-electron chi connectivity index (χ3n) is 6.77. The Hall–Kier alpha value is -1.44. The average molecular weight is 284 g/mol. The van der Waals surface area contributed by atoms with Crippen LogP contribution in [0.5, 0.6) is 11.5 Å². The monoisotopic (exact) mass is 284 g/mol. The number of phenols is 2. The summed E-state index contributed by atoms with van der Waals surface area (Å²) in [5.41, 5.74) is 4.34. The number of hydrogen-bond acceptors (Lipinski definition) is 2. The van der Waals surface area contributed by atoms with E-state index in [0.29, 0.717) is 11.3 Å². The van der Waals surface area contributed by atoms with Gasteiger partial charge < -0.3 is 10.2 Å². The van der Waals surface area contributed by atoms with Crippen molar-refractivity contribution in [1.82, 2.24) is 0 Å². The van der Waals surface area contributed by atoms with Crippen LogP contribution < -0.4 is 0 Å². The minimum atomic E-state index is 0.0297. The summed E-state index contributed by atoms with van der Waals surface area (Å²) in [6, 6.07) is 3.61. The first-order valence-corrected chi connectivity index (χ1v) is 8.23. The van der Waals surface area contributed by atoms with Gasteiger partial charge in [0.1, 0.15) is 0 Å². The average Bonchev–Trinajstić information content (AvgIpc) is 2.76. The standard InChI is InChI=1S/C19H24O2/c1-11-3-6-16-14-5-4-12-9-17(20)18(21)10-15(12)13(14)7-8-19(11,16)2/h9-10,13-14,16,20-21H,1,3-8H2,2H3. The van der Waals surface area contributed by atoms with E-state index in [4.69, 9.17) is 0 Å². The van der Waals surface area contributed by atoms with E-state index >= 15 is 0 Å². The molecule has 4 rings (SSSR count). The van der Waals surface area contributed by atoms with Crippen molar-refractivity contribution in [2.75, 3.05) is 0 Å². The Morgan fingerprint density at radius 1 is 1.10 bits per heavy atom. The molecule has 2 fully saturated rings. The zero-order valence-corrected chi connectivity index (χ0v) is 12.7. The molecular weight excluding hydrogens is 260 g/mol. The van der Waals surface area contributed by atoms with Crippen molar-refractivity contribution in [3.8, 4) is 11.5 Å². The number of rotatable bonds is 0. The lowest BCUT2D eigenvalue weighted by atomic mass is 9.55. The van der Waals surface area contributed by atoms with E-state index in [2.05, 4.69) is 13.5 Å². The second kappa shape index (κ2) is 4.28. The van der Waals surface area contributed by atoms with Gasteiger partial charge in [0.05, 0.1) is 0 Å². The van der Waals surface area contributed by atoms with Gasteiger partial charge in [-0.15, -0.1) is 0 Å². The van der Waals surface area contributed by atoms with Crippen LogP contribution in [-0.2, 0) is 6.42 Å². The van der Waals surface area contributed by atoms with Gasteiger partial charge >= 0.3 is 0 Å². The number of hydrogen-bond donors (Lipinski definition) is 2. The number of aryl methyl sites for hydroxylation is 1. The molecule has 0 spiro atoms. The molecule has 4 unspecified atom stereocenters. The molecule has 2 nitrogen and oxygen atoms in total. The van der Waals surface area contributed by atoms with E-state index < -0.39 is 0 Å². The van der Waals surface area contributed by atoms with Crippen molar-refractivity contribution in [1.29, 1.82) is 0 Å². The van der Waals surface area contributed by atoms with E-state index in [1.54, 1.807) is 6.07 Å². The van der Waals surface area contributed by atoms with Gasteiger partial charge in [-0.3, -0.25) is 0 Å². The molecule has 1 aromatic carbocycles. The van der Waals surface area contributed by atoms with Crippen LogP contribution in [0.15, 0.2) is 24.3 Å². The van der Waals surface area contributed by atoms with Gasteiger partial charge in [-0.1, -0.05) is 19.1 Å². The van der Waals surface area contributed by atoms with E-state index in [9.17, 15) is 10.2 Å². The Bertz CT molecular complexity index is 618. The molecular formula is C19H24O2. The lowest BCUT2D eigenvalue weighted by Crippen LogP contribution is -2.40. The lowest BCUT2D eigenvalue weighted by Gasteiger charge is -2.49. The third kappa shape index (κ3) is 1.71. The topological polar surface area (TPSA) is 40.5 Å². The van der Waals surface area contributed by atoms with E-state index in [1.807, 2.05) is 6.07 Å². The van der Waals surface area contributed by atoms with E-state index in [-0.39, 0.29) is 11.5 Å². The van der Waals surface area contributed by atoms with Crippen LogP contribution in [0.3, 0.4) is 0 Å². The highest BCUT2D eigenvalue weighted by atomic mass is 16.3. The molecule has 3 aliphatic rings. The number of benzene rings is 1. The Kier molecular flexibility index (Phi) is 2.70. The molecule has 0 aliphatic heterocycles. The summed E-state index contributed by atoms with van der Waals surface area (Å²) < 4.78 is 0. The van der Waals surface area contributed by atoms with Gasteiger partial charge in [-0.05, 0) is 85.0 Å². The highest BCUT2D eigenvalue weighted by molar-refractivity contribution is 5.48. The predicted octanol–water partition coefficient (Wildman–Crippen LogP) is 4.51. The van der Waals surface area contributed by atoms with Crippen LogP contribution in [0.1, 0.15) is 56.1 Å².